The van der Waals surface area contributed by atoms with Crippen molar-refractivity contribution in [3.63, 3.8) is 0 Å². The van der Waals surface area contributed by atoms with Crippen molar-refractivity contribution < 1.29 is 29.0 Å². The summed E-state index contributed by atoms with van der Waals surface area (Å²) in [5, 5.41) is 8.42. The predicted molar refractivity (Wildman–Crippen MR) is 79.2 cm³/mol. The number of carbonyl (C=O) groups is 3. The number of hydrogen-bond acceptors (Lipinski definition) is 5. The molecular formula is C16H24O6. The molecule has 1 aliphatic carbocycles. The molecule has 124 valence electrons. The van der Waals surface area contributed by atoms with Crippen LogP contribution in [-0.4, -0.2) is 35.2 Å². The van der Waals surface area contributed by atoms with Gasteiger partial charge in [0.2, 0.25) is 0 Å². The van der Waals surface area contributed by atoms with E-state index in [4.69, 9.17) is 9.84 Å². The van der Waals surface area contributed by atoms with Gasteiger partial charge in [-0.25, -0.2) is 9.59 Å². The Bertz CT molecular complexity index is 436. The highest BCUT2D eigenvalue weighted by molar-refractivity contribution is 5.94. The second-order valence-electron chi connectivity index (χ2n) is 5.72. The van der Waals surface area contributed by atoms with E-state index in [-0.39, 0.29) is 17.6 Å². The molecule has 0 saturated heterocycles. The Morgan fingerprint density at radius 3 is 2.41 bits per heavy atom. The van der Waals surface area contributed by atoms with E-state index in [0.717, 1.165) is 44.9 Å². The van der Waals surface area contributed by atoms with E-state index >= 15 is 0 Å². The minimum Gasteiger partial charge on any atom is -0.479 e. The molecule has 0 aromatic heterocycles. The van der Waals surface area contributed by atoms with Gasteiger partial charge in [0, 0.05) is 5.57 Å². The maximum atomic E-state index is 11.9. The van der Waals surface area contributed by atoms with E-state index < -0.39 is 24.5 Å². The predicted octanol–water partition coefficient (Wildman–Crippen LogP) is 2.61. The van der Waals surface area contributed by atoms with Crippen molar-refractivity contribution in [3.8, 4) is 0 Å². The van der Waals surface area contributed by atoms with Crippen molar-refractivity contribution in [2.45, 2.75) is 63.9 Å². The van der Waals surface area contributed by atoms with Gasteiger partial charge in [0.25, 0.3) is 0 Å². The third-order valence-electron chi connectivity index (χ3n) is 3.80. The van der Waals surface area contributed by atoms with Crippen LogP contribution in [0, 0.1) is 0 Å². The number of esters is 2. The molecule has 0 radical (unpaired) electrons. The van der Waals surface area contributed by atoms with Gasteiger partial charge in [-0.2, -0.15) is 0 Å². The molecule has 0 unspecified atom stereocenters. The summed E-state index contributed by atoms with van der Waals surface area (Å²) in [5.41, 5.74) is -0.466. The molecule has 1 N–H and O–H groups in total. The van der Waals surface area contributed by atoms with Gasteiger partial charge in [0.15, 0.2) is 6.61 Å². The highest BCUT2D eigenvalue weighted by atomic mass is 16.6. The second kappa shape index (κ2) is 8.56. The minimum absolute atomic E-state index is 0.0886. The number of ether oxygens (including phenoxy) is 2. The average Bonchev–Trinajstić information content (AvgIpc) is 2.41. The lowest BCUT2D eigenvalue weighted by Crippen LogP contribution is -2.42. The first-order valence-electron chi connectivity index (χ1n) is 7.67. The van der Waals surface area contributed by atoms with Crippen molar-refractivity contribution in [2.75, 3.05) is 6.61 Å². The fourth-order valence-corrected chi connectivity index (χ4v) is 2.42. The van der Waals surface area contributed by atoms with Crippen LogP contribution in [0.4, 0.5) is 0 Å². The standard InChI is InChI=1S/C16H24O6/c1-3-4-5-7-16(8-6-9-16)22-14(19)10-12(2)15(20)21-11-13(17)18/h2-11H2,1H3,(H,17,18). The van der Waals surface area contributed by atoms with Gasteiger partial charge in [-0.15, -0.1) is 0 Å². The van der Waals surface area contributed by atoms with Crippen molar-refractivity contribution in [3.05, 3.63) is 12.2 Å². The molecule has 0 heterocycles. The first-order valence-corrected chi connectivity index (χ1v) is 7.67. The molecule has 6 nitrogen and oxygen atoms in total. The largest absolute Gasteiger partial charge is 0.479 e. The quantitative estimate of drug-likeness (QED) is 0.379. The Balaban J connectivity index is 2.39. The molecule has 1 rings (SSSR count). The fourth-order valence-electron chi connectivity index (χ4n) is 2.42. The smallest absolute Gasteiger partial charge is 0.341 e. The van der Waals surface area contributed by atoms with Crippen LogP contribution in [-0.2, 0) is 23.9 Å². The van der Waals surface area contributed by atoms with Crippen LogP contribution >= 0.6 is 0 Å². The van der Waals surface area contributed by atoms with Gasteiger partial charge in [0.05, 0.1) is 6.42 Å². The molecule has 6 heteroatoms. The maximum Gasteiger partial charge on any atom is 0.341 e. The summed E-state index contributed by atoms with van der Waals surface area (Å²) < 4.78 is 10.0. The van der Waals surface area contributed by atoms with E-state index in [1.165, 1.54) is 0 Å². The van der Waals surface area contributed by atoms with Crippen molar-refractivity contribution in [1.29, 1.82) is 0 Å². The van der Waals surface area contributed by atoms with Crippen molar-refractivity contribution in [1.82, 2.24) is 0 Å². The summed E-state index contributed by atoms with van der Waals surface area (Å²) in [7, 11) is 0. The van der Waals surface area contributed by atoms with Crippen molar-refractivity contribution >= 4 is 17.9 Å². The van der Waals surface area contributed by atoms with Crippen LogP contribution in [0.25, 0.3) is 0 Å². The summed E-state index contributed by atoms with van der Waals surface area (Å²) in [6.45, 7) is 4.83. The molecule has 0 aliphatic heterocycles. The molecule has 22 heavy (non-hydrogen) atoms. The molecule has 1 fully saturated rings. The SMILES string of the molecule is C=C(CC(=O)OC1(CCCCC)CCC1)C(=O)OCC(=O)O. The van der Waals surface area contributed by atoms with Gasteiger partial charge in [0.1, 0.15) is 5.60 Å². The first-order chi connectivity index (χ1) is 10.4. The Kier molecular flexibility index (Phi) is 7.08. The number of hydrogen-bond donors (Lipinski definition) is 1. The number of carbonyl (C=O) groups excluding carboxylic acids is 2. The van der Waals surface area contributed by atoms with Gasteiger partial charge in [-0.1, -0.05) is 26.3 Å². The molecular weight excluding hydrogens is 288 g/mol. The lowest BCUT2D eigenvalue weighted by Gasteiger charge is -2.41. The monoisotopic (exact) mass is 312 g/mol. The Morgan fingerprint density at radius 2 is 1.91 bits per heavy atom. The number of carboxylic acids is 1. The first kappa shape index (κ1) is 18.2. The summed E-state index contributed by atoms with van der Waals surface area (Å²) in [6, 6.07) is 0. The fraction of sp³-hybridized carbons (Fsp3) is 0.688. The maximum absolute atomic E-state index is 11.9. The molecule has 0 amide bonds. The lowest BCUT2D eigenvalue weighted by molar-refractivity contribution is -0.170. The van der Waals surface area contributed by atoms with Gasteiger partial charge in [-0.3, -0.25) is 4.79 Å². The van der Waals surface area contributed by atoms with Crippen LogP contribution in [0.15, 0.2) is 12.2 Å². The number of unbranched alkanes of at least 4 members (excludes halogenated alkanes) is 2. The second-order valence-corrected chi connectivity index (χ2v) is 5.72. The van der Waals surface area contributed by atoms with E-state index in [2.05, 4.69) is 18.2 Å². The Hall–Kier alpha value is -1.85. The van der Waals surface area contributed by atoms with Gasteiger partial charge >= 0.3 is 17.9 Å². The molecule has 1 saturated carbocycles. The highest BCUT2D eigenvalue weighted by Gasteiger charge is 2.40. The zero-order valence-electron chi connectivity index (χ0n) is 13.1. The summed E-state index contributed by atoms with van der Waals surface area (Å²) in [5.74, 6) is -2.64. The van der Waals surface area contributed by atoms with Gasteiger partial charge < -0.3 is 14.6 Å². The van der Waals surface area contributed by atoms with E-state index in [9.17, 15) is 14.4 Å². The topological polar surface area (TPSA) is 89.9 Å². The number of aliphatic carboxylic acids is 1. The van der Waals surface area contributed by atoms with Crippen LogP contribution < -0.4 is 0 Å². The third-order valence-corrected chi connectivity index (χ3v) is 3.80. The summed E-state index contributed by atoms with van der Waals surface area (Å²) in [4.78, 5) is 33.7. The van der Waals surface area contributed by atoms with Crippen LogP contribution in [0.3, 0.4) is 0 Å². The zero-order valence-corrected chi connectivity index (χ0v) is 13.1. The molecule has 0 aromatic rings. The van der Waals surface area contributed by atoms with Crippen molar-refractivity contribution in [2.24, 2.45) is 0 Å². The minimum atomic E-state index is -1.26. The van der Waals surface area contributed by atoms with Crippen LogP contribution in [0.5, 0.6) is 0 Å². The molecule has 0 atom stereocenters. The molecule has 0 spiro atoms. The zero-order chi connectivity index (χ0) is 16.6. The van der Waals surface area contributed by atoms with Crippen LogP contribution in [0.2, 0.25) is 0 Å². The van der Waals surface area contributed by atoms with Gasteiger partial charge in [-0.05, 0) is 32.1 Å². The Labute approximate surface area is 130 Å². The van der Waals surface area contributed by atoms with E-state index in [1.807, 2.05) is 0 Å². The number of carboxylic acid groups (broad SMARTS) is 1. The number of rotatable bonds is 10. The molecule has 1 aliphatic rings. The summed E-state index contributed by atoms with van der Waals surface area (Å²) >= 11 is 0. The van der Waals surface area contributed by atoms with E-state index in [0.29, 0.717) is 0 Å². The normalized spacial score (nSPS) is 15.5. The van der Waals surface area contributed by atoms with Crippen LogP contribution in [0.1, 0.15) is 58.3 Å². The molecule has 0 bridgehead atoms. The summed E-state index contributed by atoms with van der Waals surface area (Å²) in [6.07, 6.45) is 6.57. The van der Waals surface area contributed by atoms with E-state index in [1.54, 1.807) is 0 Å². The average molecular weight is 312 g/mol. The molecule has 0 aromatic carbocycles. The Morgan fingerprint density at radius 1 is 1.23 bits per heavy atom. The highest BCUT2D eigenvalue weighted by Crippen LogP contribution is 2.40. The third kappa shape index (κ3) is 5.87. The lowest BCUT2D eigenvalue weighted by atomic mass is 9.76.